The molecule has 3 saturated carbocycles. The van der Waals surface area contributed by atoms with Gasteiger partial charge in [0.2, 0.25) is 10.0 Å². The van der Waals surface area contributed by atoms with E-state index in [0.29, 0.717) is 25.2 Å². The normalized spacial score (nSPS) is 30.5. The summed E-state index contributed by atoms with van der Waals surface area (Å²) in [5.41, 5.74) is -1.81. The Morgan fingerprint density at radius 1 is 1.13 bits per heavy atom. The molecule has 0 aromatic heterocycles. The summed E-state index contributed by atoms with van der Waals surface area (Å²) in [6.07, 6.45) is 3.00. The van der Waals surface area contributed by atoms with E-state index in [-0.39, 0.29) is 5.92 Å². The van der Waals surface area contributed by atoms with E-state index in [4.69, 9.17) is 4.74 Å². The van der Waals surface area contributed by atoms with Crippen molar-refractivity contribution in [3.63, 3.8) is 0 Å². The molecule has 0 bridgehead atoms. The fourth-order valence-electron chi connectivity index (χ4n) is 2.98. The molecule has 0 heterocycles. The first-order valence-corrected chi connectivity index (χ1v) is 9.65. The third-order valence-electron chi connectivity index (χ3n) is 4.53. The van der Waals surface area contributed by atoms with Crippen molar-refractivity contribution >= 4 is 22.0 Å². The number of carbonyl (C=O) groups excluding carboxylic acids is 2. The van der Waals surface area contributed by atoms with Gasteiger partial charge in [-0.2, -0.15) is 0 Å². The van der Waals surface area contributed by atoms with E-state index in [2.05, 4.69) is 10.0 Å². The molecule has 2 amide bonds. The van der Waals surface area contributed by atoms with Gasteiger partial charge >= 0.3 is 6.09 Å². The summed E-state index contributed by atoms with van der Waals surface area (Å²) in [6.45, 7) is 5.21. The van der Waals surface area contributed by atoms with Gasteiger partial charge in [0, 0.05) is 0 Å². The van der Waals surface area contributed by atoms with Crippen LogP contribution in [0.4, 0.5) is 4.79 Å². The number of nitrogens with one attached hydrogen (secondary N) is 2. The third kappa shape index (κ3) is 3.62. The van der Waals surface area contributed by atoms with Gasteiger partial charge in [0.15, 0.2) is 0 Å². The zero-order valence-corrected chi connectivity index (χ0v) is 14.5. The smallest absolute Gasteiger partial charge is 0.408 e. The standard InChI is InChI=1S/C15H24N2O5S/c1-14(2,3)22-13(19)16-15(8-11(15)9-4-5-9)12(18)17-23(20,21)10-6-7-10/h9-11H,4-8H2,1-3H3,(H,16,19)(H,17,18). The van der Waals surface area contributed by atoms with Crippen LogP contribution in [0, 0.1) is 11.8 Å². The Morgan fingerprint density at radius 3 is 2.22 bits per heavy atom. The molecule has 8 heteroatoms. The van der Waals surface area contributed by atoms with Crippen LogP contribution >= 0.6 is 0 Å². The van der Waals surface area contributed by atoms with Gasteiger partial charge in [0.05, 0.1) is 5.25 Å². The van der Waals surface area contributed by atoms with E-state index in [1.165, 1.54) is 0 Å². The number of amides is 2. The second-order valence-electron chi connectivity index (χ2n) is 7.92. The highest BCUT2D eigenvalue weighted by molar-refractivity contribution is 7.90. The second kappa shape index (κ2) is 5.09. The lowest BCUT2D eigenvalue weighted by molar-refractivity contribution is -0.122. The molecule has 130 valence electrons. The Bertz CT molecular complexity index is 631. The molecule has 3 fully saturated rings. The first kappa shape index (κ1) is 16.5. The number of hydrogen-bond acceptors (Lipinski definition) is 5. The van der Waals surface area contributed by atoms with Crippen LogP contribution in [0.15, 0.2) is 0 Å². The van der Waals surface area contributed by atoms with Gasteiger partial charge in [-0.25, -0.2) is 13.2 Å². The van der Waals surface area contributed by atoms with Crippen LogP contribution in [-0.4, -0.2) is 36.8 Å². The van der Waals surface area contributed by atoms with Crippen molar-refractivity contribution in [3.8, 4) is 0 Å². The Balaban J connectivity index is 1.70. The van der Waals surface area contributed by atoms with Gasteiger partial charge in [-0.3, -0.25) is 9.52 Å². The molecule has 23 heavy (non-hydrogen) atoms. The van der Waals surface area contributed by atoms with E-state index in [0.717, 1.165) is 12.8 Å². The molecule has 0 radical (unpaired) electrons. The molecule has 0 aromatic rings. The Kier molecular flexibility index (Phi) is 3.66. The lowest BCUT2D eigenvalue weighted by atomic mass is 10.1. The van der Waals surface area contributed by atoms with Gasteiger partial charge < -0.3 is 10.1 Å². The SMILES string of the molecule is CC(C)(C)OC(=O)NC1(C(=O)NS(=O)(=O)C2CC2)CC1C1CC1. The van der Waals surface area contributed by atoms with E-state index in [1.807, 2.05) is 0 Å². The number of rotatable bonds is 5. The minimum absolute atomic E-state index is 0.00409. The summed E-state index contributed by atoms with van der Waals surface area (Å²) in [5.74, 6) is -0.226. The Hall–Kier alpha value is -1.31. The van der Waals surface area contributed by atoms with E-state index in [1.54, 1.807) is 20.8 Å². The maximum atomic E-state index is 12.6. The lowest BCUT2D eigenvalue weighted by Gasteiger charge is -2.24. The maximum Gasteiger partial charge on any atom is 0.408 e. The van der Waals surface area contributed by atoms with Crippen LogP contribution in [0.3, 0.4) is 0 Å². The van der Waals surface area contributed by atoms with E-state index < -0.39 is 38.4 Å². The predicted molar refractivity (Wildman–Crippen MR) is 83.0 cm³/mol. The molecule has 0 spiro atoms. The number of sulfonamides is 1. The summed E-state index contributed by atoms with van der Waals surface area (Å²) >= 11 is 0. The molecule has 2 N–H and O–H groups in total. The van der Waals surface area contributed by atoms with E-state index >= 15 is 0 Å². The Morgan fingerprint density at radius 2 is 1.74 bits per heavy atom. The molecule has 3 aliphatic rings. The minimum Gasteiger partial charge on any atom is -0.444 e. The third-order valence-corrected chi connectivity index (χ3v) is 6.35. The number of hydrogen-bond donors (Lipinski definition) is 2. The van der Waals surface area contributed by atoms with Gasteiger partial charge in [0.1, 0.15) is 11.1 Å². The first-order valence-electron chi connectivity index (χ1n) is 8.11. The van der Waals surface area contributed by atoms with Crippen LogP contribution < -0.4 is 10.0 Å². The van der Waals surface area contributed by atoms with E-state index in [9.17, 15) is 18.0 Å². The van der Waals surface area contributed by atoms with Gasteiger partial charge in [0.25, 0.3) is 5.91 Å². The molecule has 0 saturated heterocycles. The first-order chi connectivity index (χ1) is 10.5. The van der Waals surface area contributed by atoms with Crippen molar-refractivity contribution in [3.05, 3.63) is 0 Å². The van der Waals surface area contributed by atoms with Crippen LogP contribution in [0.5, 0.6) is 0 Å². The van der Waals surface area contributed by atoms with Crippen LogP contribution in [0.25, 0.3) is 0 Å². The molecular weight excluding hydrogens is 320 g/mol. The van der Waals surface area contributed by atoms with Crippen molar-refractivity contribution in [2.45, 2.75) is 69.3 Å². The van der Waals surface area contributed by atoms with Crippen molar-refractivity contribution in [1.29, 1.82) is 0 Å². The number of carbonyl (C=O) groups is 2. The summed E-state index contributed by atoms with van der Waals surface area (Å²) in [7, 11) is -3.62. The van der Waals surface area contributed by atoms with Gasteiger partial charge in [-0.05, 0) is 64.7 Å². The molecule has 0 aliphatic heterocycles. The fourth-order valence-corrected chi connectivity index (χ4v) is 4.35. The largest absolute Gasteiger partial charge is 0.444 e. The fraction of sp³-hybridized carbons (Fsp3) is 0.867. The molecule has 2 atom stereocenters. The van der Waals surface area contributed by atoms with Gasteiger partial charge in [-0.15, -0.1) is 0 Å². The van der Waals surface area contributed by atoms with Crippen LogP contribution in [0.2, 0.25) is 0 Å². The summed E-state index contributed by atoms with van der Waals surface area (Å²) in [6, 6.07) is 0. The van der Waals surface area contributed by atoms with Crippen LogP contribution in [0.1, 0.15) is 52.9 Å². The average Bonchev–Trinajstić information content (AvgIpc) is 3.16. The molecule has 3 aliphatic carbocycles. The van der Waals surface area contributed by atoms with Crippen molar-refractivity contribution in [2.75, 3.05) is 0 Å². The quantitative estimate of drug-likeness (QED) is 0.782. The predicted octanol–water partition coefficient (Wildman–Crippen LogP) is 1.29. The monoisotopic (exact) mass is 344 g/mol. The van der Waals surface area contributed by atoms with Crippen molar-refractivity contribution in [1.82, 2.24) is 10.0 Å². The second-order valence-corrected chi connectivity index (χ2v) is 9.88. The molecular formula is C15H24N2O5S. The molecule has 7 nitrogen and oxygen atoms in total. The zero-order chi connectivity index (χ0) is 17.0. The average molecular weight is 344 g/mol. The highest BCUT2D eigenvalue weighted by Crippen LogP contribution is 2.57. The summed E-state index contributed by atoms with van der Waals surface area (Å²) in [4.78, 5) is 24.6. The number of ether oxygens (including phenoxy) is 1. The minimum atomic E-state index is -3.62. The van der Waals surface area contributed by atoms with Crippen LogP contribution in [-0.2, 0) is 19.6 Å². The lowest BCUT2D eigenvalue weighted by Crippen LogP contribution is -2.53. The van der Waals surface area contributed by atoms with Crippen molar-refractivity contribution in [2.24, 2.45) is 11.8 Å². The highest BCUT2D eigenvalue weighted by Gasteiger charge is 2.66. The zero-order valence-electron chi connectivity index (χ0n) is 13.7. The molecule has 0 aromatic carbocycles. The van der Waals surface area contributed by atoms with Gasteiger partial charge in [-0.1, -0.05) is 0 Å². The topological polar surface area (TPSA) is 102 Å². The molecule has 3 rings (SSSR count). The van der Waals surface area contributed by atoms with Crippen molar-refractivity contribution < 1.29 is 22.7 Å². The summed E-state index contributed by atoms with van der Waals surface area (Å²) in [5, 5.41) is 2.17. The summed E-state index contributed by atoms with van der Waals surface area (Å²) < 4.78 is 31.4. The highest BCUT2D eigenvalue weighted by atomic mass is 32.2. The maximum absolute atomic E-state index is 12.6. The number of alkyl carbamates (subject to hydrolysis) is 1. The molecule has 2 unspecified atom stereocenters. The Labute approximate surface area is 136 Å².